The molecular formula is C18H16BrN3O3. The van der Waals surface area contributed by atoms with Crippen LogP contribution in [0.4, 0.5) is 5.69 Å². The monoisotopic (exact) mass is 401 g/mol. The molecule has 0 amide bonds. The zero-order chi connectivity index (χ0) is 17.8. The summed E-state index contributed by atoms with van der Waals surface area (Å²) in [5.74, 6) is 0.250. The number of rotatable bonds is 5. The number of nitrogens with zero attached hydrogens (tertiary/aromatic N) is 3. The number of carbonyl (C=O) groups is 1. The highest BCUT2D eigenvalue weighted by Gasteiger charge is 2.13. The quantitative estimate of drug-likeness (QED) is 0.603. The summed E-state index contributed by atoms with van der Waals surface area (Å²) < 4.78 is 11.3. The molecular weight excluding hydrogens is 386 g/mol. The van der Waals surface area contributed by atoms with Gasteiger partial charge >= 0.3 is 5.97 Å². The molecule has 0 saturated heterocycles. The van der Waals surface area contributed by atoms with Gasteiger partial charge in [-0.3, -0.25) is 0 Å². The minimum atomic E-state index is -0.439. The van der Waals surface area contributed by atoms with Crippen LogP contribution >= 0.6 is 15.9 Å². The fourth-order valence-corrected chi connectivity index (χ4v) is 2.58. The third-order valence-corrected chi connectivity index (χ3v) is 3.97. The lowest BCUT2D eigenvalue weighted by Crippen LogP contribution is -2.11. The normalized spacial score (nSPS) is 10.5. The summed E-state index contributed by atoms with van der Waals surface area (Å²) >= 11 is 3.40. The van der Waals surface area contributed by atoms with Gasteiger partial charge in [-0.15, -0.1) is 0 Å². The molecule has 2 aromatic carbocycles. The SMILES string of the molecule is CN(C)c1cccc(C(=O)OCc2nc(-c3cccc(Br)c3)no2)c1. The van der Waals surface area contributed by atoms with Gasteiger partial charge in [-0.1, -0.05) is 39.3 Å². The molecule has 0 atom stereocenters. The van der Waals surface area contributed by atoms with Gasteiger partial charge in [-0.2, -0.15) is 4.98 Å². The van der Waals surface area contributed by atoms with Gasteiger partial charge in [0.15, 0.2) is 6.61 Å². The minimum absolute atomic E-state index is 0.0774. The van der Waals surface area contributed by atoms with Crippen molar-refractivity contribution in [3.63, 3.8) is 0 Å². The van der Waals surface area contributed by atoms with E-state index in [9.17, 15) is 4.79 Å². The molecule has 0 aliphatic rings. The van der Waals surface area contributed by atoms with Gasteiger partial charge in [0.1, 0.15) is 0 Å². The summed E-state index contributed by atoms with van der Waals surface area (Å²) in [6, 6.07) is 14.7. The molecule has 0 spiro atoms. The van der Waals surface area contributed by atoms with E-state index in [1.54, 1.807) is 12.1 Å². The molecule has 0 aliphatic carbocycles. The topological polar surface area (TPSA) is 68.5 Å². The third-order valence-electron chi connectivity index (χ3n) is 3.48. The van der Waals surface area contributed by atoms with Crippen molar-refractivity contribution < 1.29 is 14.1 Å². The highest BCUT2D eigenvalue weighted by atomic mass is 79.9. The van der Waals surface area contributed by atoms with Gasteiger partial charge in [0.25, 0.3) is 5.89 Å². The number of anilines is 1. The minimum Gasteiger partial charge on any atom is -0.452 e. The maximum Gasteiger partial charge on any atom is 0.338 e. The largest absolute Gasteiger partial charge is 0.452 e. The molecule has 0 unspecified atom stereocenters. The zero-order valence-electron chi connectivity index (χ0n) is 13.8. The van der Waals surface area contributed by atoms with E-state index in [-0.39, 0.29) is 12.5 Å². The predicted molar refractivity (Wildman–Crippen MR) is 97.3 cm³/mol. The van der Waals surface area contributed by atoms with Crippen LogP contribution in [0, 0.1) is 0 Å². The van der Waals surface area contributed by atoms with Crippen LogP contribution in [0.1, 0.15) is 16.2 Å². The highest BCUT2D eigenvalue weighted by Crippen LogP contribution is 2.20. The Morgan fingerprint density at radius 1 is 1.20 bits per heavy atom. The number of carbonyl (C=O) groups excluding carboxylic acids is 1. The molecule has 0 fully saturated rings. The van der Waals surface area contributed by atoms with E-state index >= 15 is 0 Å². The first kappa shape index (κ1) is 17.2. The number of hydrogen-bond donors (Lipinski definition) is 0. The molecule has 0 aliphatic heterocycles. The number of hydrogen-bond acceptors (Lipinski definition) is 6. The second-order valence-corrected chi connectivity index (χ2v) is 6.46. The Bertz CT molecular complexity index is 893. The van der Waals surface area contributed by atoms with E-state index in [4.69, 9.17) is 9.26 Å². The molecule has 3 aromatic rings. The lowest BCUT2D eigenvalue weighted by atomic mass is 10.2. The third kappa shape index (κ3) is 4.24. The molecule has 1 heterocycles. The molecule has 1 aromatic heterocycles. The number of ether oxygens (including phenoxy) is 1. The molecule has 0 N–H and O–H groups in total. The molecule has 0 saturated carbocycles. The summed E-state index contributed by atoms with van der Waals surface area (Å²) in [6.45, 7) is -0.0774. The van der Waals surface area contributed by atoms with Crippen LogP contribution in [0.3, 0.4) is 0 Å². The molecule has 25 heavy (non-hydrogen) atoms. The lowest BCUT2D eigenvalue weighted by molar-refractivity contribution is 0.0430. The first-order valence-corrected chi connectivity index (χ1v) is 8.35. The first-order valence-electron chi connectivity index (χ1n) is 7.56. The van der Waals surface area contributed by atoms with Gasteiger partial charge < -0.3 is 14.2 Å². The van der Waals surface area contributed by atoms with Crippen molar-refractivity contribution in [2.75, 3.05) is 19.0 Å². The number of aromatic nitrogens is 2. The fraction of sp³-hybridized carbons (Fsp3) is 0.167. The number of benzene rings is 2. The maximum atomic E-state index is 12.2. The van der Waals surface area contributed by atoms with Crippen molar-refractivity contribution in [1.29, 1.82) is 0 Å². The summed E-state index contributed by atoms with van der Waals surface area (Å²) in [4.78, 5) is 18.3. The van der Waals surface area contributed by atoms with Crippen molar-refractivity contribution in [3.05, 3.63) is 64.5 Å². The Balaban J connectivity index is 1.66. The molecule has 0 bridgehead atoms. The van der Waals surface area contributed by atoms with Gasteiger partial charge in [0.05, 0.1) is 5.56 Å². The molecule has 7 heteroatoms. The van der Waals surface area contributed by atoms with E-state index in [0.717, 1.165) is 15.7 Å². The maximum absolute atomic E-state index is 12.2. The molecule has 128 valence electrons. The predicted octanol–water partition coefficient (Wildman–Crippen LogP) is 3.92. The number of halogens is 1. The second kappa shape index (κ2) is 7.48. The van der Waals surface area contributed by atoms with Gasteiger partial charge in [-0.25, -0.2) is 4.79 Å². The Morgan fingerprint density at radius 3 is 2.76 bits per heavy atom. The van der Waals surface area contributed by atoms with Gasteiger partial charge in [0, 0.05) is 29.8 Å². The Hall–Kier alpha value is -2.67. The van der Waals surface area contributed by atoms with Crippen LogP contribution in [0.15, 0.2) is 57.5 Å². The van der Waals surface area contributed by atoms with Crippen LogP contribution in [0.25, 0.3) is 11.4 Å². The number of esters is 1. The second-order valence-electron chi connectivity index (χ2n) is 5.54. The molecule has 6 nitrogen and oxygen atoms in total. The average molecular weight is 402 g/mol. The molecule has 3 rings (SSSR count). The smallest absolute Gasteiger partial charge is 0.338 e. The Kier molecular flexibility index (Phi) is 5.14. The van der Waals surface area contributed by atoms with Crippen molar-refractivity contribution in [3.8, 4) is 11.4 Å². The van der Waals surface area contributed by atoms with E-state index < -0.39 is 5.97 Å². The summed E-state index contributed by atoms with van der Waals surface area (Å²) in [7, 11) is 3.82. The van der Waals surface area contributed by atoms with E-state index in [1.807, 2.05) is 55.4 Å². The van der Waals surface area contributed by atoms with Gasteiger partial charge in [-0.05, 0) is 30.3 Å². The van der Waals surface area contributed by atoms with Crippen molar-refractivity contribution in [2.45, 2.75) is 6.61 Å². The van der Waals surface area contributed by atoms with E-state index in [1.165, 1.54) is 0 Å². The van der Waals surface area contributed by atoms with E-state index in [0.29, 0.717) is 11.4 Å². The Labute approximate surface area is 153 Å². The first-order chi connectivity index (χ1) is 12.0. The lowest BCUT2D eigenvalue weighted by Gasteiger charge is -2.12. The van der Waals surface area contributed by atoms with Crippen LogP contribution in [-0.2, 0) is 11.3 Å². The Morgan fingerprint density at radius 2 is 2.00 bits per heavy atom. The summed E-state index contributed by atoms with van der Waals surface area (Å²) in [5, 5.41) is 3.91. The van der Waals surface area contributed by atoms with Gasteiger partial charge in [0.2, 0.25) is 5.82 Å². The molecule has 0 radical (unpaired) electrons. The standard InChI is InChI=1S/C18H16BrN3O3/c1-22(2)15-8-4-6-13(10-15)18(23)24-11-16-20-17(21-25-16)12-5-3-7-14(19)9-12/h3-10H,11H2,1-2H3. The fourth-order valence-electron chi connectivity index (χ4n) is 2.18. The van der Waals surface area contributed by atoms with Crippen LogP contribution in [-0.4, -0.2) is 30.2 Å². The summed E-state index contributed by atoms with van der Waals surface area (Å²) in [6.07, 6.45) is 0. The van der Waals surface area contributed by atoms with Crippen LogP contribution < -0.4 is 4.90 Å². The van der Waals surface area contributed by atoms with Crippen LogP contribution in [0.2, 0.25) is 0 Å². The highest BCUT2D eigenvalue weighted by molar-refractivity contribution is 9.10. The van der Waals surface area contributed by atoms with Crippen LogP contribution in [0.5, 0.6) is 0 Å². The summed E-state index contributed by atoms with van der Waals surface area (Å²) in [5.41, 5.74) is 2.21. The van der Waals surface area contributed by atoms with Crippen molar-refractivity contribution in [1.82, 2.24) is 10.1 Å². The van der Waals surface area contributed by atoms with Crippen molar-refractivity contribution >= 4 is 27.6 Å². The average Bonchev–Trinajstić information content (AvgIpc) is 3.09. The van der Waals surface area contributed by atoms with E-state index in [2.05, 4.69) is 26.1 Å². The van der Waals surface area contributed by atoms with Crippen molar-refractivity contribution in [2.24, 2.45) is 0 Å². The zero-order valence-corrected chi connectivity index (χ0v) is 15.4.